The van der Waals surface area contributed by atoms with E-state index < -0.39 is 0 Å². The molecule has 3 nitrogen and oxygen atoms in total. The summed E-state index contributed by atoms with van der Waals surface area (Å²) in [4.78, 5) is 23.2. The highest BCUT2D eigenvalue weighted by atomic mass is 16.2. The maximum atomic E-state index is 10.9. The molecule has 1 aliphatic heterocycles. The average Bonchev–Trinajstić information content (AvgIpc) is 2.13. The van der Waals surface area contributed by atoms with E-state index in [1.165, 1.54) is 6.92 Å². The molecule has 0 radical (unpaired) electrons. The van der Waals surface area contributed by atoms with Crippen molar-refractivity contribution in [2.24, 2.45) is 5.92 Å². The van der Waals surface area contributed by atoms with Crippen molar-refractivity contribution >= 4 is 11.7 Å². The van der Waals surface area contributed by atoms with E-state index in [4.69, 9.17) is 0 Å². The van der Waals surface area contributed by atoms with Crippen LogP contribution in [-0.2, 0) is 9.59 Å². The zero-order valence-corrected chi connectivity index (χ0v) is 6.26. The van der Waals surface area contributed by atoms with E-state index in [2.05, 4.69) is 0 Å². The van der Waals surface area contributed by atoms with Crippen molar-refractivity contribution in [2.45, 2.75) is 13.3 Å². The van der Waals surface area contributed by atoms with Crippen molar-refractivity contribution in [3.63, 3.8) is 0 Å². The Balaban J connectivity index is 2.57. The molecule has 1 heterocycles. The number of rotatable bonds is 1. The molecule has 1 atom stereocenters. The third-order valence-corrected chi connectivity index (χ3v) is 1.92. The SMILES string of the molecule is CC(=O)[C@H]1CC(=O)N(C)C1. The van der Waals surface area contributed by atoms with E-state index in [0.29, 0.717) is 13.0 Å². The predicted octanol–water partition coefficient (Wildman–Crippen LogP) is 0.0537. The van der Waals surface area contributed by atoms with E-state index in [0.717, 1.165) is 0 Å². The number of amides is 1. The fourth-order valence-electron chi connectivity index (χ4n) is 1.14. The van der Waals surface area contributed by atoms with Gasteiger partial charge in [-0.3, -0.25) is 9.59 Å². The summed E-state index contributed by atoms with van der Waals surface area (Å²) >= 11 is 0. The normalized spacial score (nSPS) is 25.6. The number of hydrogen-bond acceptors (Lipinski definition) is 2. The van der Waals surface area contributed by atoms with E-state index in [9.17, 15) is 9.59 Å². The largest absolute Gasteiger partial charge is 0.345 e. The minimum atomic E-state index is -0.0440. The number of Topliss-reactive ketones (excluding diaryl/α,β-unsaturated/α-hetero) is 1. The Kier molecular flexibility index (Phi) is 1.74. The number of carbonyl (C=O) groups excluding carboxylic acids is 2. The van der Waals surface area contributed by atoms with Crippen LogP contribution in [0.25, 0.3) is 0 Å². The lowest BCUT2D eigenvalue weighted by molar-refractivity contribution is -0.127. The molecule has 0 aromatic carbocycles. The standard InChI is InChI=1S/C7H11NO2/c1-5(9)6-3-7(10)8(2)4-6/h6H,3-4H2,1-2H3/t6-/m0/s1. The first-order valence-corrected chi connectivity index (χ1v) is 3.35. The number of nitrogens with zero attached hydrogens (tertiary/aromatic N) is 1. The molecule has 0 aromatic rings. The summed E-state index contributed by atoms with van der Waals surface area (Å²) in [5.41, 5.74) is 0. The Hall–Kier alpha value is -0.860. The topological polar surface area (TPSA) is 37.4 Å². The van der Waals surface area contributed by atoms with Gasteiger partial charge >= 0.3 is 0 Å². The molecule has 1 amide bonds. The van der Waals surface area contributed by atoms with Crippen molar-refractivity contribution in [2.75, 3.05) is 13.6 Å². The molecule has 0 spiro atoms. The summed E-state index contributed by atoms with van der Waals surface area (Å²) < 4.78 is 0. The minimum absolute atomic E-state index is 0.0440. The molecule has 3 heteroatoms. The molecular weight excluding hydrogens is 130 g/mol. The molecular formula is C7H11NO2. The molecule has 0 bridgehead atoms. The summed E-state index contributed by atoms with van der Waals surface area (Å²) in [6, 6.07) is 0. The van der Waals surface area contributed by atoms with Crippen LogP contribution in [0.2, 0.25) is 0 Å². The van der Waals surface area contributed by atoms with Crippen LogP contribution in [0.1, 0.15) is 13.3 Å². The van der Waals surface area contributed by atoms with E-state index in [1.807, 2.05) is 0 Å². The monoisotopic (exact) mass is 141 g/mol. The van der Waals surface area contributed by atoms with Gasteiger partial charge in [0.2, 0.25) is 5.91 Å². The smallest absolute Gasteiger partial charge is 0.223 e. The van der Waals surface area contributed by atoms with Crippen LogP contribution in [0.4, 0.5) is 0 Å². The first kappa shape index (κ1) is 7.25. The van der Waals surface area contributed by atoms with Gasteiger partial charge in [-0.25, -0.2) is 0 Å². The van der Waals surface area contributed by atoms with Gasteiger partial charge in [0.25, 0.3) is 0 Å². The fraction of sp³-hybridized carbons (Fsp3) is 0.714. The summed E-state index contributed by atoms with van der Waals surface area (Å²) in [7, 11) is 1.73. The molecule has 10 heavy (non-hydrogen) atoms. The van der Waals surface area contributed by atoms with Crippen molar-refractivity contribution in [1.82, 2.24) is 4.90 Å². The Labute approximate surface area is 60.0 Å². The van der Waals surface area contributed by atoms with Crippen LogP contribution in [-0.4, -0.2) is 30.2 Å². The lowest BCUT2D eigenvalue weighted by atomic mass is 10.1. The van der Waals surface area contributed by atoms with Gasteiger partial charge in [0.1, 0.15) is 5.78 Å². The molecule has 1 rings (SSSR count). The van der Waals surface area contributed by atoms with Crippen molar-refractivity contribution in [1.29, 1.82) is 0 Å². The van der Waals surface area contributed by atoms with Crippen LogP contribution in [0.5, 0.6) is 0 Å². The molecule has 1 fully saturated rings. The second-order valence-electron chi connectivity index (χ2n) is 2.79. The maximum absolute atomic E-state index is 10.9. The Morgan fingerprint density at radius 3 is 2.50 bits per heavy atom. The lowest BCUT2D eigenvalue weighted by Gasteiger charge is -2.06. The number of likely N-dealkylation sites (tertiary alicyclic amines) is 1. The first-order chi connectivity index (χ1) is 4.61. The molecule has 0 aromatic heterocycles. The molecule has 0 N–H and O–H groups in total. The molecule has 1 saturated heterocycles. The van der Waals surface area contributed by atoms with Crippen LogP contribution in [0, 0.1) is 5.92 Å². The molecule has 56 valence electrons. The molecule has 0 aliphatic carbocycles. The van der Waals surface area contributed by atoms with Crippen molar-refractivity contribution in [3.8, 4) is 0 Å². The Morgan fingerprint density at radius 2 is 2.30 bits per heavy atom. The third kappa shape index (κ3) is 1.17. The van der Waals surface area contributed by atoms with Crippen LogP contribution >= 0.6 is 0 Å². The summed E-state index contributed by atoms with van der Waals surface area (Å²) in [6.07, 6.45) is 0.409. The van der Waals surface area contributed by atoms with Gasteiger partial charge in [-0.15, -0.1) is 0 Å². The summed E-state index contributed by atoms with van der Waals surface area (Å²) in [5, 5.41) is 0. The Bertz CT molecular complexity index is 176. The highest BCUT2D eigenvalue weighted by molar-refractivity contribution is 5.88. The summed E-state index contributed by atoms with van der Waals surface area (Å²) in [6.45, 7) is 2.14. The first-order valence-electron chi connectivity index (χ1n) is 3.35. The van der Waals surface area contributed by atoms with Gasteiger partial charge in [-0.05, 0) is 6.92 Å². The second-order valence-corrected chi connectivity index (χ2v) is 2.79. The predicted molar refractivity (Wildman–Crippen MR) is 36.4 cm³/mol. The van der Waals surface area contributed by atoms with E-state index in [1.54, 1.807) is 11.9 Å². The molecule has 0 unspecified atom stereocenters. The molecule has 0 saturated carbocycles. The minimum Gasteiger partial charge on any atom is -0.345 e. The molecule has 1 aliphatic rings. The van der Waals surface area contributed by atoms with Gasteiger partial charge in [0, 0.05) is 25.9 Å². The zero-order chi connectivity index (χ0) is 7.72. The number of hydrogen-bond donors (Lipinski definition) is 0. The van der Waals surface area contributed by atoms with Gasteiger partial charge in [-0.1, -0.05) is 0 Å². The van der Waals surface area contributed by atoms with E-state index >= 15 is 0 Å². The van der Waals surface area contributed by atoms with Crippen LogP contribution in [0.3, 0.4) is 0 Å². The highest BCUT2D eigenvalue weighted by Gasteiger charge is 2.29. The second kappa shape index (κ2) is 2.40. The third-order valence-electron chi connectivity index (χ3n) is 1.92. The van der Waals surface area contributed by atoms with Crippen molar-refractivity contribution < 1.29 is 9.59 Å². The van der Waals surface area contributed by atoms with Crippen molar-refractivity contribution in [3.05, 3.63) is 0 Å². The number of ketones is 1. The van der Waals surface area contributed by atoms with E-state index in [-0.39, 0.29) is 17.6 Å². The van der Waals surface area contributed by atoms with Gasteiger partial charge < -0.3 is 4.90 Å². The van der Waals surface area contributed by atoms with Crippen LogP contribution in [0.15, 0.2) is 0 Å². The zero-order valence-electron chi connectivity index (χ0n) is 6.26. The van der Waals surface area contributed by atoms with Gasteiger partial charge in [-0.2, -0.15) is 0 Å². The Morgan fingerprint density at radius 1 is 1.70 bits per heavy atom. The maximum Gasteiger partial charge on any atom is 0.223 e. The average molecular weight is 141 g/mol. The fourth-order valence-corrected chi connectivity index (χ4v) is 1.14. The number of carbonyl (C=O) groups is 2. The van der Waals surface area contributed by atoms with Gasteiger partial charge in [0.15, 0.2) is 0 Å². The highest BCUT2D eigenvalue weighted by Crippen LogP contribution is 2.15. The van der Waals surface area contributed by atoms with Gasteiger partial charge in [0.05, 0.1) is 0 Å². The summed E-state index contributed by atoms with van der Waals surface area (Å²) in [5.74, 6) is 0.162. The van der Waals surface area contributed by atoms with Crippen LogP contribution < -0.4 is 0 Å². The lowest BCUT2D eigenvalue weighted by Crippen LogP contribution is -2.20. The quantitative estimate of drug-likeness (QED) is 0.517.